The Balaban J connectivity index is 2.78. The first-order valence-corrected chi connectivity index (χ1v) is 6.55. The maximum Gasteiger partial charge on any atom is 0.416 e. The molecule has 0 radical (unpaired) electrons. The average Bonchev–Trinajstić information content (AvgIpc) is 2.63. The molecule has 3 nitrogen and oxygen atoms in total. The third-order valence-electron chi connectivity index (χ3n) is 3.67. The van der Waals surface area contributed by atoms with Gasteiger partial charge in [-0.25, -0.2) is 0 Å². The summed E-state index contributed by atoms with van der Waals surface area (Å²) in [5.74, 6) is -0.259. The van der Waals surface area contributed by atoms with Gasteiger partial charge in [0.1, 0.15) is 0 Å². The molecule has 0 saturated heterocycles. The number of aryl methyl sites for hydroxylation is 2. The van der Waals surface area contributed by atoms with Gasteiger partial charge in [0.2, 0.25) is 0 Å². The number of ether oxygens (including phenoxy) is 1. The number of halogens is 3. The lowest BCUT2D eigenvalue weighted by Crippen LogP contribution is -2.09. The fraction of sp³-hybridized carbons (Fsp3) is 0.400. The summed E-state index contributed by atoms with van der Waals surface area (Å²) in [5, 5.41) is 0.339. The van der Waals surface area contributed by atoms with Crippen molar-refractivity contribution in [3.63, 3.8) is 0 Å². The number of fused-ring (bicyclic) bond motifs is 1. The number of nitrogens with zero attached hydrogens (tertiary/aromatic N) is 1. The van der Waals surface area contributed by atoms with Gasteiger partial charge in [0, 0.05) is 18.9 Å². The van der Waals surface area contributed by atoms with Crippen molar-refractivity contribution in [2.24, 2.45) is 7.05 Å². The summed E-state index contributed by atoms with van der Waals surface area (Å²) in [6, 6.07) is 2.46. The van der Waals surface area contributed by atoms with Crippen molar-refractivity contribution in [1.82, 2.24) is 4.57 Å². The fourth-order valence-electron chi connectivity index (χ4n) is 2.40. The molecule has 21 heavy (non-hydrogen) atoms. The Morgan fingerprint density at radius 2 is 1.90 bits per heavy atom. The molecule has 0 spiro atoms. The predicted octanol–water partition coefficient (Wildman–Crippen LogP) is 4.13. The Morgan fingerprint density at radius 1 is 1.29 bits per heavy atom. The maximum atomic E-state index is 13.0. The van der Waals surface area contributed by atoms with Gasteiger partial charge in [-0.2, -0.15) is 13.2 Å². The lowest BCUT2D eigenvalue weighted by atomic mass is 10.0. The molecule has 0 unspecified atom stereocenters. The first-order chi connectivity index (χ1) is 9.68. The second-order valence-corrected chi connectivity index (χ2v) is 4.93. The summed E-state index contributed by atoms with van der Waals surface area (Å²) in [7, 11) is 1.73. The zero-order valence-corrected chi connectivity index (χ0v) is 12.3. The topological polar surface area (TPSA) is 31.2 Å². The second kappa shape index (κ2) is 5.09. The molecule has 0 aliphatic rings. The van der Waals surface area contributed by atoms with Crippen LogP contribution in [-0.4, -0.2) is 10.5 Å². The van der Waals surface area contributed by atoms with Gasteiger partial charge in [0.15, 0.2) is 5.75 Å². The number of carbonyl (C=O) groups excluding carboxylic acids is 1. The normalized spacial score (nSPS) is 12.0. The van der Waals surface area contributed by atoms with Crippen LogP contribution in [0.5, 0.6) is 5.75 Å². The Labute approximate surface area is 120 Å². The highest BCUT2D eigenvalue weighted by Crippen LogP contribution is 2.40. The van der Waals surface area contributed by atoms with E-state index >= 15 is 0 Å². The molecule has 1 aromatic carbocycles. The van der Waals surface area contributed by atoms with Crippen LogP contribution in [0.3, 0.4) is 0 Å². The highest BCUT2D eigenvalue weighted by atomic mass is 19.4. The number of carbonyl (C=O) groups is 1. The first kappa shape index (κ1) is 15.4. The van der Waals surface area contributed by atoms with Crippen LogP contribution in [0.1, 0.15) is 30.2 Å². The number of hydrogen-bond acceptors (Lipinski definition) is 2. The Morgan fingerprint density at radius 3 is 2.43 bits per heavy atom. The van der Waals surface area contributed by atoms with Crippen LogP contribution in [0.15, 0.2) is 12.1 Å². The fourth-order valence-corrected chi connectivity index (χ4v) is 2.40. The molecule has 0 atom stereocenters. The molecule has 0 saturated carbocycles. The summed E-state index contributed by atoms with van der Waals surface area (Å²) >= 11 is 0. The maximum absolute atomic E-state index is 13.0. The van der Waals surface area contributed by atoms with Gasteiger partial charge < -0.3 is 9.30 Å². The smallest absolute Gasteiger partial charge is 0.416 e. The third kappa shape index (κ3) is 2.50. The van der Waals surface area contributed by atoms with Crippen molar-refractivity contribution >= 4 is 16.9 Å². The molecule has 2 aromatic rings. The van der Waals surface area contributed by atoms with Crippen molar-refractivity contribution in [3.05, 3.63) is 29.0 Å². The van der Waals surface area contributed by atoms with Crippen LogP contribution in [0.4, 0.5) is 13.2 Å². The van der Waals surface area contributed by atoms with Gasteiger partial charge in [-0.05, 0) is 31.5 Å². The molecule has 0 fully saturated rings. The van der Waals surface area contributed by atoms with E-state index in [1.54, 1.807) is 25.5 Å². The molecular formula is C15H16F3NO2. The van der Waals surface area contributed by atoms with E-state index in [0.717, 1.165) is 6.07 Å². The number of benzene rings is 1. The molecule has 1 heterocycles. The number of rotatable bonds is 2. The van der Waals surface area contributed by atoms with E-state index in [4.69, 9.17) is 4.74 Å². The van der Waals surface area contributed by atoms with E-state index in [-0.39, 0.29) is 17.7 Å². The summed E-state index contributed by atoms with van der Waals surface area (Å²) in [5.41, 5.74) is 0.586. The van der Waals surface area contributed by atoms with Crippen LogP contribution in [0.2, 0.25) is 0 Å². The second-order valence-electron chi connectivity index (χ2n) is 4.93. The van der Waals surface area contributed by atoms with E-state index < -0.39 is 17.7 Å². The number of esters is 1. The first-order valence-electron chi connectivity index (χ1n) is 6.55. The molecule has 0 amide bonds. The van der Waals surface area contributed by atoms with Crippen LogP contribution >= 0.6 is 0 Å². The quantitative estimate of drug-likeness (QED) is 0.781. The van der Waals surface area contributed by atoms with Crippen molar-refractivity contribution in [2.45, 2.75) is 33.4 Å². The molecule has 0 bridgehead atoms. The molecule has 2 rings (SSSR count). The Hall–Kier alpha value is -1.98. The third-order valence-corrected chi connectivity index (χ3v) is 3.67. The summed E-state index contributed by atoms with van der Waals surface area (Å²) < 4.78 is 46.1. The van der Waals surface area contributed by atoms with Gasteiger partial charge in [-0.1, -0.05) is 6.92 Å². The van der Waals surface area contributed by atoms with Crippen LogP contribution < -0.4 is 4.74 Å². The summed E-state index contributed by atoms with van der Waals surface area (Å²) in [6.45, 7) is 4.75. The minimum Gasteiger partial charge on any atom is -0.424 e. The molecule has 6 heteroatoms. The van der Waals surface area contributed by atoms with E-state index in [1.165, 1.54) is 13.0 Å². The van der Waals surface area contributed by atoms with Gasteiger partial charge in [-0.15, -0.1) is 0 Å². The zero-order chi connectivity index (χ0) is 15.9. The van der Waals surface area contributed by atoms with E-state index in [2.05, 4.69) is 0 Å². The van der Waals surface area contributed by atoms with Crippen LogP contribution in [0, 0.1) is 13.8 Å². The van der Waals surface area contributed by atoms with Crippen molar-refractivity contribution in [3.8, 4) is 5.75 Å². The minimum atomic E-state index is -4.44. The molecule has 114 valence electrons. The van der Waals surface area contributed by atoms with E-state index in [9.17, 15) is 18.0 Å². The van der Waals surface area contributed by atoms with Crippen LogP contribution in [0.25, 0.3) is 10.9 Å². The molecular weight excluding hydrogens is 283 g/mol. The lowest BCUT2D eigenvalue weighted by Gasteiger charge is -2.12. The highest BCUT2D eigenvalue weighted by Gasteiger charge is 2.34. The average molecular weight is 299 g/mol. The van der Waals surface area contributed by atoms with Crippen molar-refractivity contribution < 1.29 is 22.7 Å². The van der Waals surface area contributed by atoms with E-state index in [0.29, 0.717) is 16.6 Å². The predicted molar refractivity (Wildman–Crippen MR) is 73.3 cm³/mol. The monoisotopic (exact) mass is 299 g/mol. The highest BCUT2D eigenvalue weighted by molar-refractivity contribution is 5.94. The van der Waals surface area contributed by atoms with Crippen LogP contribution in [-0.2, 0) is 18.0 Å². The van der Waals surface area contributed by atoms with Crippen molar-refractivity contribution in [2.75, 3.05) is 0 Å². The van der Waals surface area contributed by atoms with Crippen molar-refractivity contribution in [1.29, 1.82) is 0 Å². The number of alkyl halides is 3. The zero-order valence-electron chi connectivity index (χ0n) is 12.3. The number of hydrogen-bond donors (Lipinski definition) is 0. The van der Waals surface area contributed by atoms with Gasteiger partial charge in [0.05, 0.1) is 16.8 Å². The molecule has 0 aliphatic carbocycles. The summed E-state index contributed by atoms with van der Waals surface area (Å²) in [4.78, 5) is 11.5. The minimum absolute atomic E-state index is 0.0719. The van der Waals surface area contributed by atoms with E-state index in [1.807, 2.05) is 0 Å². The summed E-state index contributed by atoms with van der Waals surface area (Å²) in [6.07, 6.45) is -4.28. The Bertz CT molecular complexity index is 714. The molecule has 1 aromatic heterocycles. The number of aromatic nitrogens is 1. The standard InChI is InChI=1S/C15H16F3NO2/c1-5-12(20)21-14-9(3)19(4)11-7-6-10(15(16,17)18)8(2)13(11)14/h6-7H,5H2,1-4H3. The SMILES string of the molecule is CCC(=O)Oc1c(C)n(C)c2ccc(C(F)(F)F)c(C)c12. The van der Waals surface area contributed by atoms with Gasteiger partial charge in [-0.3, -0.25) is 4.79 Å². The van der Waals surface area contributed by atoms with Gasteiger partial charge in [0.25, 0.3) is 0 Å². The largest absolute Gasteiger partial charge is 0.424 e. The van der Waals surface area contributed by atoms with Gasteiger partial charge >= 0.3 is 12.1 Å². The molecule has 0 N–H and O–H groups in total. The molecule has 0 aliphatic heterocycles. The Kier molecular flexibility index (Phi) is 3.74. The lowest BCUT2D eigenvalue weighted by molar-refractivity contribution is -0.138.